The normalized spacial score (nSPS) is 18.5. The Morgan fingerprint density at radius 2 is 2.29 bits per heavy atom. The Bertz CT molecular complexity index is 426. The van der Waals surface area contributed by atoms with Crippen molar-refractivity contribution in [1.82, 2.24) is 14.7 Å². The highest BCUT2D eigenvalue weighted by molar-refractivity contribution is 5.84. The molecule has 0 N–H and O–H groups in total. The third-order valence-electron chi connectivity index (χ3n) is 3.61. The highest BCUT2D eigenvalue weighted by atomic mass is 16.2. The van der Waals surface area contributed by atoms with Crippen LogP contribution in [0, 0.1) is 18.3 Å². The van der Waals surface area contributed by atoms with Gasteiger partial charge in [0.2, 0.25) is 11.8 Å². The molecule has 5 nitrogen and oxygen atoms in total. The van der Waals surface area contributed by atoms with E-state index in [1.165, 1.54) is 0 Å². The molecule has 0 saturated carbocycles. The average Bonchev–Trinajstić information content (AvgIpc) is 2.45. The number of hydrogen-bond donors (Lipinski definition) is 0. The van der Waals surface area contributed by atoms with Gasteiger partial charge >= 0.3 is 0 Å². The fraction of sp³-hybridized carbons (Fsp3) is 0.625. The van der Waals surface area contributed by atoms with Gasteiger partial charge in [0.15, 0.2) is 0 Å². The summed E-state index contributed by atoms with van der Waals surface area (Å²) in [6.45, 7) is 6.34. The molecule has 5 heteroatoms. The third-order valence-corrected chi connectivity index (χ3v) is 3.61. The van der Waals surface area contributed by atoms with E-state index in [9.17, 15) is 9.59 Å². The number of likely N-dealkylation sites (N-methyl/N-ethyl adjacent to an activating group) is 1. The number of likely N-dealkylation sites (tertiary alicyclic amines) is 1. The molecule has 0 aromatic carbocycles. The largest absolute Gasteiger partial charge is 0.341 e. The van der Waals surface area contributed by atoms with E-state index >= 15 is 0 Å². The van der Waals surface area contributed by atoms with E-state index in [4.69, 9.17) is 6.42 Å². The van der Waals surface area contributed by atoms with Crippen LogP contribution < -0.4 is 0 Å². The van der Waals surface area contributed by atoms with Crippen LogP contribution in [0.15, 0.2) is 12.7 Å². The lowest BCUT2D eigenvalue weighted by molar-refractivity contribution is -0.142. The number of terminal acetylenes is 1. The van der Waals surface area contributed by atoms with Crippen LogP contribution in [-0.2, 0) is 9.59 Å². The minimum absolute atomic E-state index is 0.0233. The van der Waals surface area contributed by atoms with Gasteiger partial charge in [-0.3, -0.25) is 9.59 Å². The highest BCUT2D eigenvalue weighted by Gasteiger charge is 2.32. The first-order valence-electron chi connectivity index (χ1n) is 7.25. The van der Waals surface area contributed by atoms with Crippen molar-refractivity contribution in [3.8, 4) is 12.3 Å². The molecule has 0 spiro atoms. The van der Waals surface area contributed by atoms with Crippen LogP contribution in [-0.4, -0.2) is 73.3 Å². The number of nitrogens with zero attached hydrogens (tertiary/aromatic N) is 3. The molecule has 116 valence electrons. The second-order valence-corrected chi connectivity index (χ2v) is 5.59. The molecule has 0 aromatic heterocycles. The van der Waals surface area contributed by atoms with E-state index in [0.717, 1.165) is 6.54 Å². The fourth-order valence-electron chi connectivity index (χ4n) is 2.41. The summed E-state index contributed by atoms with van der Waals surface area (Å²) in [5.41, 5.74) is 0. The molecule has 0 aliphatic carbocycles. The van der Waals surface area contributed by atoms with Crippen molar-refractivity contribution < 1.29 is 9.59 Å². The predicted octanol–water partition coefficient (Wildman–Crippen LogP) is 0.434. The van der Waals surface area contributed by atoms with Crippen LogP contribution in [0.4, 0.5) is 0 Å². The topological polar surface area (TPSA) is 43.9 Å². The number of amides is 2. The molecule has 1 saturated heterocycles. The quantitative estimate of drug-likeness (QED) is 0.505. The van der Waals surface area contributed by atoms with Gasteiger partial charge in [-0.15, -0.1) is 13.0 Å². The predicted molar refractivity (Wildman–Crippen MR) is 83.5 cm³/mol. The Morgan fingerprint density at radius 1 is 1.57 bits per heavy atom. The number of rotatable bonds is 7. The van der Waals surface area contributed by atoms with Gasteiger partial charge in [-0.25, -0.2) is 0 Å². The Balaban J connectivity index is 2.65. The fourth-order valence-corrected chi connectivity index (χ4v) is 2.41. The third kappa shape index (κ3) is 5.24. The molecule has 0 unspecified atom stereocenters. The monoisotopic (exact) mass is 291 g/mol. The van der Waals surface area contributed by atoms with Crippen LogP contribution in [0.3, 0.4) is 0 Å². The zero-order chi connectivity index (χ0) is 15.8. The summed E-state index contributed by atoms with van der Waals surface area (Å²) in [5, 5.41) is 0. The van der Waals surface area contributed by atoms with Gasteiger partial charge in [0.25, 0.3) is 0 Å². The van der Waals surface area contributed by atoms with Gasteiger partial charge in [-0.05, 0) is 20.5 Å². The molecule has 2 amide bonds. The van der Waals surface area contributed by atoms with E-state index in [2.05, 4.69) is 12.5 Å². The minimum atomic E-state index is -0.154. The van der Waals surface area contributed by atoms with Crippen LogP contribution in [0.2, 0.25) is 0 Å². The lowest BCUT2D eigenvalue weighted by atomic mass is 9.96. The summed E-state index contributed by atoms with van der Waals surface area (Å²) >= 11 is 0. The standard InChI is InChI=1S/C16H25N3O2/c1-5-9-18(10-6-2)16(21)14-7-8-15(20)19(13-14)12-11-17(3)4/h1,6,14H,2,7-13H2,3-4H3/t14-/m1/s1. The molecule has 1 atom stereocenters. The highest BCUT2D eigenvalue weighted by Crippen LogP contribution is 2.19. The van der Waals surface area contributed by atoms with Crippen LogP contribution in [0.5, 0.6) is 0 Å². The van der Waals surface area contributed by atoms with E-state index in [-0.39, 0.29) is 24.3 Å². The number of hydrogen-bond acceptors (Lipinski definition) is 3. The molecule has 1 fully saturated rings. The summed E-state index contributed by atoms with van der Waals surface area (Å²) in [7, 11) is 3.94. The number of carbonyl (C=O) groups is 2. The van der Waals surface area contributed by atoms with E-state index in [0.29, 0.717) is 32.5 Å². The van der Waals surface area contributed by atoms with Gasteiger partial charge in [-0.2, -0.15) is 0 Å². The summed E-state index contributed by atoms with van der Waals surface area (Å²) in [5.74, 6) is 2.50. The lowest BCUT2D eigenvalue weighted by Crippen LogP contribution is -2.48. The smallest absolute Gasteiger partial charge is 0.228 e. The Labute approximate surface area is 127 Å². The maximum Gasteiger partial charge on any atom is 0.228 e. The van der Waals surface area contributed by atoms with Gasteiger partial charge in [0.05, 0.1) is 12.5 Å². The van der Waals surface area contributed by atoms with Crippen molar-refractivity contribution in [2.24, 2.45) is 5.92 Å². The second kappa shape index (κ2) is 8.48. The van der Waals surface area contributed by atoms with Gasteiger partial charge in [0, 0.05) is 32.6 Å². The first-order chi connectivity index (χ1) is 9.99. The summed E-state index contributed by atoms with van der Waals surface area (Å²) in [6, 6.07) is 0. The summed E-state index contributed by atoms with van der Waals surface area (Å²) in [6.07, 6.45) is 8.02. The van der Waals surface area contributed by atoms with Crippen LogP contribution in [0.1, 0.15) is 12.8 Å². The van der Waals surface area contributed by atoms with Gasteiger partial charge in [-0.1, -0.05) is 12.0 Å². The maximum absolute atomic E-state index is 12.5. The van der Waals surface area contributed by atoms with Crippen LogP contribution in [0.25, 0.3) is 0 Å². The van der Waals surface area contributed by atoms with Crippen molar-refractivity contribution in [2.45, 2.75) is 12.8 Å². The minimum Gasteiger partial charge on any atom is -0.341 e. The zero-order valence-electron chi connectivity index (χ0n) is 13.0. The number of piperidine rings is 1. The SMILES string of the molecule is C#CCN(CC=C)C(=O)[C@@H]1CCC(=O)N(CCN(C)C)C1. The first-order valence-corrected chi connectivity index (χ1v) is 7.25. The lowest BCUT2D eigenvalue weighted by Gasteiger charge is -2.34. The molecule has 1 rings (SSSR count). The first kappa shape index (κ1) is 17.3. The molecule has 21 heavy (non-hydrogen) atoms. The van der Waals surface area contributed by atoms with Gasteiger partial charge in [0.1, 0.15) is 0 Å². The molecule has 0 aromatic rings. The van der Waals surface area contributed by atoms with Crippen molar-refractivity contribution >= 4 is 11.8 Å². The molecule has 1 aliphatic rings. The Hall–Kier alpha value is -1.80. The number of carbonyl (C=O) groups excluding carboxylic acids is 2. The van der Waals surface area contributed by atoms with E-state index < -0.39 is 0 Å². The van der Waals surface area contributed by atoms with Crippen molar-refractivity contribution in [3.63, 3.8) is 0 Å². The average molecular weight is 291 g/mol. The van der Waals surface area contributed by atoms with Crippen molar-refractivity contribution in [1.29, 1.82) is 0 Å². The van der Waals surface area contributed by atoms with Crippen molar-refractivity contribution in [3.05, 3.63) is 12.7 Å². The zero-order valence-corrected chi connectivity index (χ0v) is 13.0. The molecule has 0 bridgehead atoms. The summed E-state index contributed by atoms with van der Waals surface area (Å²) < 4.78 is 0. The Morgan fingerprint density at radius 3 is 2.86 bits per heavy atom. The molecular formula is C16H25N3O2. The van der Waals surface area contributed by atoms with Gasteiger partial charge < -0.3 is 14.7 Å². The summed E-state index contributed by atoms with van der Waals surface area (Å²) in [4.78, 5) is 29.9. The molecule has 1 aliphatic heterocycles. The van der Waals surface area contributed by atoms with E-state index in [1.54, 1.807) is 15.9 Å². The van der Waals surface area contributed by atoms with E-state index in [1.807, 2.05) is 19.0 Å². The molecule has 1 heterocycles. The second-order valence-electron chi connectivity index (χ2n) is 5.59. The maximum atomic E-state index is 12.5. The Kier molecular flexibility index (Phi) is 6.97. The molecule has 0 radical (unpaired) electrons. The van der Waals surface area contributed by atoms with Crippen molar-refractivity contribution in [2.75, 3.05) is 46.8 Å². The van der Waals surface area contributed by atoms with Crippen LogP contribution >= 0.6 is 0 Å². The molecular weight excluding hydrogens is 266 g/mol.